The number of halogens is 4. The molecule has 0 radical (unpaired) electrons. The van der Waals surface area contributed by atoms with Gasteiger partial charge in [-0.2, -0.15) is 5.10 Å². The number of ether oxygens (including phenoxy) is 2. The number of alkyl halides is 2. The Labute approximate surface area is 142 Å². The molecule has 0 atom stereocenters. The summed E-state index contributed by atoms with van der Waals surface area (Å²) in [6.45, 7) is -0.444. The fraction of sp³-hybridized carbons (Fsp3) is 0.154. The van der Waals surface area contributed by atoms with Crippen molar-refractivity contribution in [1.29, 1.82) is 0 Å². The molecule has 0 unspecified atom stereocenters. The molecule has 7 nitrogen and oxygen atoms in total. The Morgan fingerprint density at radius 1 is 1.29 bits per heavy atom. The first kappa shape index (κ1) is 16.5. The zero-order valence-electron chi connectivity index (χ0n) is 11.6. The highest BCUT2D eigenvalue weighted by molar-refractivity contribution is 6.41. The second-order valence-electron chi connectivity index (χ2n) is 4.65. The molecule has 0 bridgehead atoms. The van der Waals surface area contributed by atoms with Crippen molar-refractivity contribution in [3.8, 4) is 11.5 Å². The zero-order valence-corrected chi connectivity index (χ0v) is 13.1. The number of anilines is 1. The predicted molar refractivity (Wildman–Crippen MR) is 79.8 cm³/mol. The van der Waals surface area contributed by atoms with Gasteiger partial charge in [0.15, 0.2) is 11.5 Å². The van der Waals surface area contributed by atoms with E-state index in [2.05, 4.69) is 19.9 Å². The third kappa shape index (κ3) is 3.26. The highest BCUT2D eigenvalue weighted by Crippen LogP contribution is 2.42. The molecule has 1 N–H and O–H groups in total. The number of nitrogens with zero attached hydrogens (tertiary/aromatic N) is 2. The van der Waals surface area contributed by atoms with E-state index in [0.29, 0.717) is 0 Å². The molecule has 24 heavy (non-hydrogen) atoms. The second-order valence-corrected chi connectivity index (χ2v) is 5.43. The number of carbonyl (C=O) groups is 1. The number of benzene rings is 1. The van der Waals surface area contributed by atoms with E-state index < -0.39 is 24.3 Å². The normalized spacial score (nSPS) is 14.5. The Hall–Kier alpha value is -2.39. The van der Waals surface area contributed by atoms with Crippen LogP contribution in [0.15, 0.2) is 29.2 Å². The Kier molecular flexibility index (Phi) is 4.06. The lowest BCUT2D eigenvalue weighted by Gasteiger charge is -2.07. The van der Waals surface area contributed by atoms with Crippen LogP contribution in [0, 0.1) is 0 Å². The first-order chi connectivity index (χ1) is 11.2. The molecule has 2 aromatic rings. The number of aromatic nitrogens is 2. The first-order valence-electron chi connectivity index (χ1n) is 6.36. The van der Waals surface area contributed by atoms with Gasteiger partial charge in [0.05, 0.1) is 11.2 Å². The molecule has 0 saturated carbocycles. The summed E-state index contributed by atoms with van der Waals surface area (Å²) in [5.74, 6) is -1.00. The first-order valence-corrected chi connectivity index (χ1v) is 7.11. The van der Waals surface area contributed by atoms with Gasteiger partial charge in [-0.1, -0.05) is 23.2 Å². The van der Waals surface area contributed by atoms with Gasteiger partial charge >= 0.3 is 6.29 Å². The molecule has 2 heterocycles. The minimum atomic E-state index is -3.75. The van der Waals surface area contributed by atoms with E-state index >= 15 is 0 Å². The molecule has 126 valence electrons. The van der Waals surface area contributed by atoms with Crippen molar-refractivity contribution >= 4 is 34.8 Å². The maximum atomic E-state index is 12.9. The van der Waals surface area contributed by atoms with Crippen LogP contribution >= 0.6 is 23.2 Å². The summed E-state index contributed by atoms with van der Waals surface area (Å²) in [5, 5.41) is 5.80. The topological polar surface area (TPSA) is 82.5 Å². The van der Waals surface area contributed by atoms with Gasteiger partial charge in [0.2, 0.25) is 5.91 Å². The van der Waals surface area contributed by atoms with Crippen LogP contribution in [0.25, 0.3) is 0 Å². The number of carbonyl (C=O) groups excluding carboxylic acids is 1. The molecule has 1 aliphatic rings. The minimum absolute atomic E-state index is 0.0324. The number of hydrogen-bond acceptors (Lipinski definition) is 5. The molecular formula is C13H7Cl2F2N3O4. The van der Waals surface area contributed by atoms with Gasteiger partial charge in [0.25, 0.3) is 5.56 Å². The van der Waals surface area contributed by atoms with Crippen molar-refractivity contribution in [2.75, 3.05) is 5.32 Å². The number of nitrogens with one attached hydrogen (secondary N) is 1. The standard InChI is InChI=1S/C13H7Cl2F2N3O4/c14-7-4-18-20(12(22)11(7)15)5-10(21)19-6-1-2-8-9(3-6)24-13(16,17)23-8/h1-4H,5H2,(H,19,21). The van der Waals surface area contributed by atoms with Crippen molar-refractivity contribution in [2.24, 2.45) is 0 Å². The summed E-state index contributed by atoms with van der Waals surface area (Å²) in [6.07, 6.45) is -2.62. The molecule has 0 aliphatic carbocycles. The highest BCUT2D eigenvalue weighted by atomic mass is 35.5. The lowest BCUT2D eigenvalue weighted by atomic mass is 10.3. The number of hydrogen-bond donors (Lipinski definition) is 1. The van der Waals surface area contributed by atoms with Crippen molar-refractivity contribution in [1.82, 2.24) is 9.78 Å². The van der Waals surface area contributed by atoms with Crippen molar-refractivity contribution in [3.63, 3.8) is 0 Å². The third-order valence-electron chi connectivity index (χ3n) is 2.92. The maximum Gasteiger partial charge on any atom is 0.586 e. The van der Waals surface area contributed by atoms with Crippen molar-refractivity contribution in [3.05, 3.63) is 44.8 Å². The molecule has 0 spiro atoms. The van der Waals surface area contributed by atoms with E-state index in [-0.39, 0.29) is 27.2 Å². The largest absolute Gasteiger partial charge is 0.586 e. The lowest BCUT2D eigenvalue weighted by Crippen LogP contribution is -2.29. The Bertz CT molecular complexity index is 888. The quantitative estimate of drug-likeness (QED) is 0.888. The van der Waals surface area contributed by atoms with Crippen LogP contribution in [0.1, 0.15) is 0 Å². The van der Waals surface area contributed by atoms with E-state index in [0.717, 1.165) is 10.9 Å². The van der Waals surface area contributed by atoms with E-state index in [1.807, 2.05) is 0 Å². The number of rotatable bonds is 3. The average molecular weight is 378 g/mol. The number of amides is 1. The summed E-state index contributed by atoms with van der Waals surface area (Å²) in [5.41, 5.74) is -0.558. The van der Waals surface area contributed by atoms with Crippen molar-refractivity contribution < 1.29 is 23.0 Å². The van der Waals surface area contributed by atoms with Crippen LogP contribution < -0.4 is 20.3 Å². The molecule has 0 fully saturated rings. The Morgan fingerprint density at radius 2 is 2.00 bits per heavy atom. The predicted octanol–water partition coefficient (Wildman–Crippen LogP) is 2.51. The minimum Gasteiger partial charge on any atom is -0.395 e. The second kappa shape index (κ2) is 5.91. The summed E-state index contributed by atoms with van der Waals surface area (Å²) in [6, 6.07) is 3.72. The molecule has 11 heteroatoms. The summed E-state index contributed by atoms with van der Waals surface area (Å²) < 4.78 is 35.2. The lowest BCUT2D eigenvalue weighted by molar-refractivity contribution is -0.286. The van der Waals surface area contributed by atoms with Crippen LogP contribution in [-0.4, -0.2) is 22.0 Å². The molecule has 3 rings (SSSR count). The van der Waals surface area contributed by atoms with Crippen LogP contribution in [0.3, 0.4) is 0 Å². The van der Waals surface area contributed by atoms with Gasteiger partial charge in [-0.3, -0.25) is 9.59 Å². The average Bonchev–Trinajstić information content (AvgIpc) is 2.81. The van der Waals surface area contributed by atoms with Gasteiger partial charge in [0.1, 0.15) is 11.6 Å². The van der Waals surface area contributed by atoms with E-state index in [1.54, 1.807) is 0 Å². The SMILES string of the molecule is O=C(Cn1ncc(Cl)c(Cl)c1=O)Nc1ccc2c(c1)OC(F)(F)O2. The molecule has 1 amide bonds. The Balaban J connectivity index is 1.73. The summed E-state index contributed by atoms with van der Waals surface area (Å²) in [7, 11) is 0. The van der Waals surface area contributed by atoms with Gasteiger partial charge in [-0.25, -0.2) is 4.68 Å². The summed E-state index contributed by atoms with van der Waals surface area (Å²) >= 11 is 11.3. The van der Waals surface area contributed by atoms with Gasteiger partial charge in [0, 0.05) is 11.8 Å². The fourth-order valence-electron chi connectivity index (χ4n) is 1.92. The number of fused-ring (bicyclic) bond motifs is 1. The van der Waals surface area contributed by atoms with E-state index in [1.165, 1.54) is 18.2 Å². The van der Waals surface area contributed by atoms with Crippen LogP contribution in [0.2, 0.25) is 10.0 Å². The van der Waals surface area contributed by atoms with Gasteiger partial charge in [-0.05, 0) is 12.1 Å². The Morgan fingerprint density at radius 3 is 2.75 bits per heavy atom. The molecule has 1 aliphatic heterocycles. The highest BCUT2D eigenvalue weighted by Gasteiger charge is 2.43. The molecule has 1 aromatic carbocycles. The third-order valence-corrected chi connectivity index (χ3v) is 3.67. The van der Waals surface area contributed by atoms with Gasteiger partial charge in [-0.15, -0.1) is 8.78 Å². The monoisotopic (exact) mass is 377 g/mol. The molecular weight excluding hydrogens is 371 g/mol. The smallest absolute Gasteiger partial charge is 0.395 e. The molecule has 1 aromatic heterocycles. The van der Waals surface area contributed by atoms with Crippen LogP contribution in [-0.2, 0) is 11.3 Å². The van der Waals surface area contributed by atoms with Crippen LogP contribution in [0.5, 0.6) is 11.5 Å². The van der Waals surface area contributed by atoms with E-state index in [4.69, 9.17) is 23.2 Å². The maximum absolute atomic E-state index is 12.9. The molecule has 0 saturated heterocycles. The van der Waals surface area contributed by atoms with Crippen LogP contribution in [0.4, 0.5) is 14.5 Å². The fourth-order valence-corrected chi connectivity index (χ4v) is 2.19. The van der Waals surface area contributed by atoms with Gasteiger partial charge < -0.3 is 14.8 Å². The summed E-state index contributed by atoms with van der Waals surface area (Å²) in [4.78, 5) is 23.7. The van der Waals surface area contributed by atoms with E-state index in [9.17, 15) is 18.4 Å². The zero-order chi connectivity index (χ0) is 17.5. The van der Waals surface area contributed by atoms with Crippen molar-refractivity contribution in [2.45, 2.75) is 12.8 Å².